The van der Waals surface area contributed by atoms with E-state index in [9.17, 15) is 18.8 Å². The molecule has 2 aliphatic rings. The normalized spacial score (nSPS) is 20.9. The Morgan fingerprint density at radius 2 is 1.68 bits per heavy atom. The van der Waals surface area contributed by atoms with Crippen molar-refractivity contribution in [1.29, 1.82) is 0 Å². The van der Waals surface area contributed by atoms with Gasteiger partial charge in [-0.25, -0.2) is 9.18 Å². The first kappa shape index (κ1) is 27.6. The Morgan fingerprint density at radius 3 is 2.33 bits per heavy atom. The molecular weight excluding hydrogens is 533 g/mol. The predicted molar refractivity (Wildman–Crippen MR) is 151 cm³/mol. The third kappa shape index (κ3) is 5.54. The molecule has 3 aromatic rings. The molecule has 208 valence electrons. The van der Waals surface area contributed by atoms with E-state index in [1.54, 1.807) is 41.1 Å². The van der Waals surface area contributed by atoms with Gasteiger partial charge in [-0.05, 0) is 86.0 Å². The van der Waals surface area contributed by atoms with Gasteiger partial charge in [-0.1, -0.05) is 23.7 Å². The molecule has 9 heteroatoms. The van der Waals surface area contributed by atoms with Crippen molar-refractivity contribution in [2.45, 2.75) is 37.6 Å². The van der Waals surface area contributed by atoms with Gasteiger partial charge >= 0.3 is 6.09 Å². The highest BCUT2D eigenvalue weighted by atomic mass is 35.5. The zero-order valence-electron chi connectivity index (χ0n) is 22.5. The van der Waals surface area contributed by atoms with E-state index >= 15 is 0 Å². The molecule has 2 unspecified atom stereocenters. The van der Waals surface area contributed by atoms with Crippen LogP contribution in [-0.2, 0) is 4.79 Å². The molecule has 3 amide bonds. The van der Waals surface area contributed by atoms with Crippen LogP contribution in [0.2, 0.25) is 5.02 Å². The number of likely N-dealkylation sites (N-methyl/N-ethyl adjacent to an activating group) is 1. The molecule has 2 fully saturated rings. The summed E-state index contributed by atoms with van der Waals surface area (Å²) in [6, 6.07) is 19.8. The molecule has 2 saturated heterocycles. The molecule has 0 aromatic heterocycles. The highest BCUT2D eigenvalue weighted by molar-refractivity contribution is 6.30. The molecule has 0 bridgehead atoms. The first-order chi connectivity index (χ1) is 19.2. The summed E-state index contributed by atoms with van der Waals surface area (Å²) in [6.07, 6.45) is 1.79. The standard InChI is InChI=1S/C31H31ClFN3O4/c1-31(34(2)30(39)40-26-16-12-24(33)13-17-26)20-35(19-27(31)21-6-10-23(32)11-7-21)29(38)22-8-14-25(15-9-22)36-18-4-3-5-28(36)37/h6-17,27H,3-5,18-20H2,1-2H3. The second kappa shape index (κ2) is 11.3. The van der Waals surface area contributed by atoms with Gasteiger partial charge in [0.05, 0.1) is 5.54 Å². The predicted octanol–water partition coefficient (Wildman–Crippen LogP) is 6.13. The molecule has 7 nitrogen and oxygen atoms in total. The quantitative estimate of drug-likeness (QED) is 0.375. The molecular formula is C31H31ClFN3O4. The number of carbonyl (C=O) groups excluding carboxylic acids is 3. The lowest BCUT2D eigenvalue weighted by Crippen LogP contribution is -2.53. The van der Waals surface area contributed by atoms with Crippen molar-refractivity contribution in [2.75, 3.05) is 31.6 Å². The summed E-state index contributed by atoms with van der Waals surface area (Å²) in [5.74, 6) is -0.502. The monoisotopic (exact) mass is 563 g/mol. The van der Waals surface area contributed by atoms with E-state index in [1.165, 1.54) is 29.2 Å². The van der Waals surface area contributed by atoms with Crippen molar-refractivity contribution in [2.24, 2.45) is 0 Å². The molecule has 2 aliphatic heterocycles. The largest absolute Gasteiger partial charge is 0.415 e. The van der Waals surface area contributed by atoms with Gasteiger partial charge in [0.15, 0.2) is 0 Å². The number of piperidine rings is 1. The lowest BCUT2D eigenvalue weighted by atomic mass is 9.82. The van der Waals surface area contributed by atoms with Crippen molar-refractivity contribution < 1.29 is 23.5 Å². The van der Waals surface area contributed by atoms with Gasteiger partial charge in [0.1, 0.15) is 11.6 Å². The SMILES string of the molecule is CN(C(=O)Oc1ccc(F)cc1)C1(C)CN(C(=O)c2ccc(N3CCCCC3=O)cc2)CC1c1ccc(Cl)cc1. The van der Waals surface area contributed by atoms with Gasteiger partial charge in [-0.3, -0.25) is 9.59 Å². The molecule has 2 heterocycles. The van der Waals surface area contributed by atoms with E-state index in [2.05, 4.69) is 0 Å². The number of carbonyl (C=O) groups is 3. The average Bonchev–Trinajstić information content (AvgIpc) is 3.32. The average molecular weight is 564 g/mol. The minimum atomic E-state index is -0.819. The molecule has 0 saturated carbocycles. The molecule has 40 heavy (non-hydrogen) atoms. The number of ether oxygens (including phenoxy) is 1. The van der Waals surface area contributed by atoms with Gasteiger partial charge in [0.25, 0.3) is 5.91 Å². The number of likely N-dealkylation sites (tertiary alicyclic amines) is 1. The maximum absolute atomic E-state index is 13.7. The first-order valence-corrected chi connectivity index (χ1v) is 13.7. The Balaban J connectivity index is 1.38. The number of anilines is 1. The van der Waals surface area contributed by atoms with E-state index in [1.807, 2.05) is 31.2 Å². The number of benzene rings is 3. The second-order valence-electron chi connectivity index (χ2n) is 10.6. The Morgan fingerprint density at radius 1 is 1.00 bits per heavy atom. The lowest BCUT2D eigenvalue weighted by Gasteiger charge is -2.39. The summed E-state index contributed by atoms with van der Waals surface area (Å²) in [7, 11) is 1.65. The number of hydrogen-bond acceptors (Lipinski definition) is 4. The molecule has 0 radical (unpaired) electrons. The van der Waals surface area contributed by atoms with Crippen LogP contribution in [0.5, 0.6) is 5.75 Å². The molecule has 0 N–H and O–H groups in total. The third-order valence-electron chi connectivity index (χ3n) is 8.03. The summed E-state index contributed by atoms with van der Waals surface area (Å²) >= 11 is 6.14. The highest BCUT2D eigenvalue weighted by Crippen LogP contribution is 2.41. The van der Waals surface area contributed by atoms with E-state index in [0.29, 0.717) is 30.1 Å². The van der Waals surface area contributed by atoms with Crippen molar-refractivity contribution >= 4 is 35.2 Å². The fourth-order valence-corrected chi connectivity index (χ4v) is 5.68. The Bertz CT molecular complexity index is 1400. The van der Waals surface area contributed by atoms with Crippen LogP contribution in [0.4, 0.5) is 14.9 Å². The van der Waals surface area contributed by atoms with Gasteiger partial charge in [-0.2, -0.15) is 0 Å². The minimum absolute atomic E-state index is 0.0991. The summed E-state index contributed by atoms with van der Waals surface area (Å²) in [5.41, 5.74) is 1.40. The molecule has 5 rings (SSSR count). The van der Waals surface area contributed by atoms with E-state index in [0.717, 1.165) is 24.1 Å². The number of amides is 3. The summed E-state index contributed by atoms with van der Waals surface area (Å²) in [5, 5.41) is 0.590. The topological polar surface area (TPSA) is 70.2 Å². The van der Waals surface area contributed by atoms with Gasteiger partial charge in [-0.15, -0.1) is 0 Å². The number of nitrogens with zero attached hydrogens (tertiary/aromatic N) is 3. The first-order valence-electron chi connectivity index (χ1n) is 13.3. The minimum Gasteiger partial charge on any atom is -0.410 e. The molecule has 0 spiro atoms. The van der Waals surface area contributed by atoms with Crippen molar-refractivity contribution in [3.05, 3.63) is 94.8 Å². The summed E-state index contributed by atoms with van der Waals surface area (Å²) in [4.78, 5) is 44.3. The number of hydrogen-bond donors (Lipinski definition) is 0. The van der Waals surface area contributed by atoms with Gasteiger partial charge < -0.3 is 19.4 Å². The second-order valence-corrected chi connectivity index (χ2v) is 11.0. The van der Waals surface area contributed by atoms with Crippen molar-refractivity contribution in [3.8, 4) is 5.75 Å². The molecule has 3 aromatic carbocycles. The Hall–Kier alpha value is -3.91. The fourth-order valence-electron chi connectivity index (χ4n) is 5.56. The van der Waals surface area contributed by atoms with Crippen LogP contribution in [0.25, 0.3) is 0 Å². The summed E-state index contributed by atoms with van der Waals surface area (Å²) < 4.78 is 18.9. The zero-order valence-corrected chi connectivity index (χ0v) is 23.2. The third-order valence-corrected chi connectivity index (χ3v) is 8.28. The van der Waals surface area contributed by atoms with Crippen LogP contribution in [0.3, 0.4) is 0 Å². The molecule has 2 atom stereocenters. The van der Waals surface area contributed by atoms with Crippen molar-refractivity contribution in [1.82, 2.24) is 9.80 Å². The Kier molecular flexibility index (Phi) is 7.81. The summed E-state index contributed by atoms with van der Waals surface area (Å²) in [6.45, 7) is 3.24. The smallest absolute Gasteiger partial charge is 0.410 e. The molecule has 0 aliphatic carbocycles. The maximum Gasteiger partial charge on any atom is 0.415 e. The highest BCUT2D eigenvalue weighted by Gasteiger charge is 2.50. The van der Waals surface area contributed by atoms with Crippen LogP contribution in [0.1, 0.15) is 48.0 Å². The number of halogens is 2. The fraction of sp³-hybridized carbons (Fsp3) is 0.323. The van der Waals surface area contributed by atoms with Crippen LogP contribution in [-0.4, -0.2) is 59.9 Å². The van der Waals surface area contributed by atoms with Crippen LogP contribution in [0.15, 0.2) is 72.8 Å². The van der Waals surface area contributed by atoms with Gasteiger partial charge in [0, 0.05) is 55.3 Å². The van der Waals surface area contributed by atoms with Crippen LogP contribution >= 0.6 is 11.6 Å². The van der Waals surface area contributed by atoms with Gasteiger partial charge in [0.2, 0.25) is 5.91 Å². The van der Waals surface area contributed by atoms with E-state index in [-0.39, 0.29) is 30.0 Å². The van der Waals surface area contributed by atoms with E-state index < -0.39 is 17.4 Å². The van der Waals surface area contributed by atoms with Crippen molar-refractivity contribution in [3.63, 3.8) is 0 Å². The van der Waals surface area contributed by atoms with Crippen LogP contribution in [0, 0.1) is 5.82 Å². The van der Waals surface area contributed by atoms with E-state index in [4.69, 9.17) is 16.3 Å². The number of rotatable bonds is 5. The maximum atomic E-state index is 13.7. The Labute approximate surface area is 238 Å². The lowest BCUT2D eigenvalue weighted by molar-refractivity contribution is -0.119. The zero-order chi connectivity index (χ0) is 28.4. The van der Waals surface area contributed by atoms with Crippen LogP contribution < -0.4 is 9.64 Å².